The molecule has 0 aliphatic rings. The van der Waals surface area contributed by atoms with Crippen molar-refractivity contribution in [2.45, 2.75) is 20.8 Å². The van der Waals surface area contributed by atoms with Crippen molar-refractivity contribution in [3.63, 3.8) is 0 Å². The van der Waals surface area contributed by atoms with E-state index in [9.17, 15) is 9.59 Å². The van der Waals surface area contributed by atoms with Gasteiger partial charge in [-0.15, -0.1) is 0 Å². The van der Waals surface area contributed by atoms with E-state index in [1.807, 2.05) is 20.8 Å². The van der Waals surface area contributed by atoms with Crippen LogP contribution in [0.1, 0.15) is 20.8 Å². The summed E-state index contributed by atoms with van der Waals surface area (Å²) >= 11 is 0. The Hall–Kier alpha value is -0.860. The quantitative estimate of drug-likeness (QED) is 0.437. The van der Waals surface area contributed by atoms with Crippen LogP contribution in [0, 0.1) is 5.41 Å². The van der Waals surface area contributed by atoms with Gasteiger partial charge in [0.05, 0.1) is 0 Å². The van der Waals surface area contributed by atoms with Crippen LogP contribution in [0.4, 0.5) is 0 Å². The Labute approximate surface area is 67.4 Å². The van der Waals surface area contributed by atoms with E-state index in [0.29, 0.717) is 12.8 Å². The first-order valence-corrected chi connectivity index (χ1v) is 3.57. The largest absolute Gasteiger partial charge is 0.339 e. The second kappa shape index (κ2) is 3.51. The molecule has 64 valence electrons. The van der Waals surface area contributed by atoms with Crippen molar-refractivity contribution in [3.05, 3.63) is 0 Å². The Kier molecular flexibility index (Phi) is 3.23. The maximum Gasteiger partial charge on any atom is 0.286 e. The standard InChI is InChI=1S/C8H15NO2/c1-8(2,3)6-9(4)7(11)5-10/h5H,6H2,1-4H3. The highest BCUT2D eigenvalue weighted by Gasteiger charge is 2.16. The molecule has 0 aliphatic heterocycles. The summed E-state index contributed by atoms with van der Waals surface area (Å²) in [6, 6.07) is 0. The molecule has 0 saturated heterocycles. The SMILES string of the molecule is CN(CC(C)(C)C)C(=O)C=O. The van der Waals surface area contributed by atoms with E-state index in [1.165, 1.54) is 4.90 Å². The minimum atomic E-state index is -0.458. The molecule has 0 atom stereocenters. The molecule has 0 rings (SSSR count). The number of likely N-dealkylation sites (N-methyl/N-ethyl adjacent to an activating group) is 1. The average molecular weight is 157 g/mol. The Balaban J connectivity index is 3.97. The topological polar surface area (TPSA) is 37.4 Å². The summed E-state index contributed by atoms with van der Waals surface area (Å²) in [6.07, 6.45) is 0.339. The normalized spacial score (nSPS) is 10.9. The third-order valence-corrected chi connectivity index (χ3v) is 1.19. The molecule has 0 fully saturated rings. The molecule has 3 nitrogen and oxygen atoms in total. The van der Waals surface area contributed by atoms with Gasteiger partial charge in [0.1, 0.15) is 0 Å². The summed E-state index contributed by atoms with van der Waals surface area (Å²) in [5, 5.41) is 0. The first-order valence-electron chi connectivity index (χ1n) is 3.57. The zero-order valence-electron chi connectivity index (χ0n) is 7.55. The lowest BCUT2D eigenvalue weighted by Gasteiger charge is -2.24. The molecule has 11 heavy (non-hydrogen) atoms. The molecule has 0 N–H and O–H groups in total. The predicted octanol–water partition coefficient (Wildman–Crippen LogP) is 0.690. The van der Waals surface area contributed by atoms with Crippen LogP contribution in [-0.4, -0.2) is 30.7 Å². The minimum Gasteiger partial charge on any atom is -0.339 e. The lowest BCUT2D eigenvalue weighted by molar-refractivity contribution is -0.138. The van der Waals surface area contributed by atoms with E-state index in [4.69, 9.17) is 0 Å². The van der Waals surface area contributed by atoms with Crippen molar-refractivity contribution in [2.24, 2.45) is 5.41 Å². The van der Waals surface area contributed by atoms with Crippen LogP contribution in [0.2, 0.25) is 0 Å². The van der Waals surface area contributed by atoms with E-state index in [0.717, 1.165) is 0 Å². The molecule has 0 aromatic heterocycles. The van der Waals surface area contributed by atoms with E-state index >= 15 is 0 Å². The van der Waals surface area contributed by atoms with Gasteiger partial charge >= 0.3 is 0 Å². The van der Waals surface area contributed by atoms with E-state index in [1.54, 1.807) is 7.05 Å². The summed E-state index contributed by atoms with van der Waals surface area (Å²) in [5.74, 6) is -0.458. The van der Waals surface area contributed by atoms with Gasteiger partial charge in [-0.2, -0.15) is 0 Å². The Morgan fingerprint density at radius 2 is 1.91 bits per heavy atom. The van der Waals surface area contributed by atoms with Crippen molar-refractivity contribution in [1.82, 2.24) is 4.90 Å². The van der Waals surface area contributed by atoms with Gasteiger partial charge < -0.3 is 4.90 Å². The van der Waals surface area contributed by atoms with Gasteiger partial charge in [-0.05, 0) is 5.41 Å². The van der Waals surface area contributed by atoms with Gasteiger partial charge in [0.15, 0.2) is 0 Å². The molecule has 0 spiro atoms. The molecular formula is C8H15NO2. The summed E-state index contributed by atoms with van der Waals surface area (Å²) in [7, 11) is 1.63. The second-order valence-electron chi connectivity index (χ2n) is 3.87. The number of rotatable bonds is 2. The Bertz CT molecular complexity index is 158. The maximum absolute atomic E-state index is 10.7. The first kappa shape index (κ1) is 10.1. The third kappa shape index (κ3) is 4.53. The summed E-state index contributed by atoms with van der Waals surface area (Å²) < 4.78 is 0. The molecule has 0 aromatic rings. The number of amides is 1. The van der Waals surface area contributed by atoms with Crippen molar-refractivity contribution in [3.8, 4) is 0 Å². The number of aldehydes is 1. The van der Waals surface area contributed by atoms with E-state index < -0.39 is 5.91 Å². The van der Waals surface area contributed by atoms with Crippen molar-refractivity contribution >= 4 is 12.2 Å². The number of carbonyl (C=O) groups excluding carboxylic acids is 2. The molecule has 0 unspecified atom stereocenters. The van der Waals surface area contributed by atoms with Crippen molar-refractivity contribution in [2.75, 3.05) is 13.6 Å². The fourth-order valence-electron chi connectivity index (χ4n) is 0.879. The summed E-state index contributed by atoms with van der Waals surface area (Å²) in [5.41, 5.74) is 0.0490. The molecule has 3 heteroatoms. The van der Waals surface area contributed by atoms with Crippen LogP contribution < -0.4 is 0 Å². The van der Waals surface area contributed by atoms with E-state index in [2.05, 4.69) is 0 Å². The highest BCUT2D eigenvalue weighted by Crippen LogP contribution is 2.13. The second-order valence-corrected chi connectivity index (χ2v) is 3.87. The molecule has 0 saturated carbocycles. The molecule has 0 bridgehead atoms. The van der Waals surface area contributed by atoms with Crippen LogP contribution in [-0.2, 0) is 9.59 Å². The van der Waals surface area contributed by atoms with Gasteiger partial charge in [-0.3, -0.25) is 9.59 Å². The minimum absolute atomic E-state index is 0.0490. The molecule has 0 aromatic carbocycles. The lowest BCUT2D eigenvalue weighted by atomic mass is 9.96. The van der Waals surface area contributed by atoms with Crippen LogP contribution in [0.3, 0.4) is 0 Å². The number of hydrogen-bond donors (Lipinski definition) is 0. The lowest BCUT2D eigenvalue weighted by Crippen LogP contribution is -2.34. The maximum atomic E-state index is 10.7. The van der Waals surface area contributed by atoms with Crippen LogP contribution in [0.15, 0.2) is 0 Å². The van der Waals surface area contributed by atoms with Crippen LogP contribution in [0.5, 0.6) is 0 Å². The monoisotopic (exact) mass is 157 g/mol. The van der Waals surface area contributed by atoms with Gasteiger partial charge in [-0.25, -0.2) is 0 Å². The number of carbonyl (C=O) groups is 2. The van der Waals surface area contributed by atoms with Crippen LogP contribution in [0.25, 0.3) is 0 Å². The molecule has 0 heterocycles. The zero-order chi connectivity index (χ0) is 9.07. The molecular weight excluding hydrogens is 142 g/mol. The summed E-state index contributed by atoms with van der Waals surface area (Å²) in [4.78, 5) is 22.2. The van der Waals surface area contributed by atoms with Crippen LogP contribution >= 0.6 is 0 Å². The van der Waals surface area contributed by atoms with Crippen molar-refractivity contribution in [1.29, 1.82) is 0 Å². The van der Waals surface area contributed by atoms with Gasteiger partial charge in [0.25, 0.3) is 5.91 Å². The van der Waals surface area contributed by atoms with Gasteiger partial charge in [-0.1, -0.05) is 20.8 Å². The number of hydrogen-bond acceptors (Lipinski definition) is 2. The van der Waals surface area contributed by atoms with Gasteiger partial charge in [0, 0.05) is 13.6 Å². The fraction of sp³-hybridized carbons (Fsp3) is 0.750. The zero-order valence-corrected chi connectivity index (χ0v) is 7.55. The summed E-state index contributed by atoms with van der Waals surface area (Å²) in [6.45, 7) is 6.65. The Morgan fingerprint density at radius 1 is 1.45 bits per heavy atom. The highest BCUT2D eigenvalue weighted by molar-refractivity contribution is 6.23. The predicted molar refractivity (Wildman–Crippen MR) is 43.2 cm³/mol. The average Bonchev–Trinajstić information content (AvgIpc) is 1.82. The number of nitrogens with zero attached hydrogens (tertiary/aromatic N) is 1. The molecule has 0 radical (unpaired) electrons. The highest BCUT2D eigenvalue weighted by atomic mass is 16.2. The third-order valence-electron chi connectivity index (χ3n) is 1.19. The van der Waals surface area contributed by atoms with E-state index in [-0.39, 0.29) is 5.41 Å². The van der Waals surface area contributed by atoms with Gasteiger partial charge in [0.2, 0.25) is 6.29 Å². The molecule has 0 aliphatic carbocycles. The smallest absolute Gasteiger partial charge is 0.286 e. The van der Waals surface area contributed by atoms with Crippen molar-refractivity contribution < 1.29 is 9.59 Å². The molecule has 1 amide bonds. The first-order chi connectivity index (χ1) is 4.87. The fourth-order valence-corrected chi connectivity index (χ4v) is 0.879. The Morgan fingerprint density at radius 3 is 2.18 bits per heavy atom.